The molecule has 4 aromatic rings. The van der Waals surface area contributed by atoms with E-state index in [1.807, 2.05) is 30.3 Å². The highest BCUT2D eigenvalue weighted by Crippen LogP contribution is 2.19. The summed E-state index contributed by atoms with van der Waals surface area (Å²) in [6.07, 6.45) is 3.20. The quantitative estimate of drug-likeness (QED) is 0.581. The topological polar surface area (TPSA) is 47.8 Å². The molecule has 0 saturated carbocycles. The third-order valence-electron chi connectivity index (χ3n) is 4.01. The summed E-state index contributed by atoms with van der Waals surface area (Å²) in [7, 11) is 0. The van der Waals surface area contributed by atoms with Gasteiger partial charge in [-0.25, -0.2) is 9.97 Å². The van der Waals surface area contributed by atoms with Gasteiger partial charge in [0.25, 0.3) is 5.56 Å². The maximum absolute atomic E-state index is 12.5. The van der Waals surface area contributed by atoms with Crippen molar-refractivity contribution < 1.29 is 0 Å². The van der Waals surface area contributed by atoms with Crippen molar-refractivity contribution in [1.29, 1.82) is 0 Å². The first-order valence-electron chi connectivity index (χ1n) is 7.76. The molecule has 0 saturated heterocycles. The number of aromatic nitrogens is 3. The first kappa shape index (κ1) is 14.3. The van der Waals surface area contributed by atoms with Crippen molar-refractivity contribution >= 4 is 11.0 Å². The van der Waals surface area contributed by atoms with E-state index < -0.39 is 0 Å². The third kappa shape index (κ3) is 2.70. The van der Waals surface area contributed by atoms with Crippen LogP contribution in [0.1, 0.15) is 5.56 Å². The lowest BCUT2D eigenvalue weighted by atomic mass is 10.0. The standard InChI is InChI=1S/C20H15N3O/c24-20-18-7-4-12-21-19(18)22-14-23(20)13-15-8-10-17(11-9-15)16-5-2-1-3-6-16/h1-12,14H,13H2. The van der Waals surface area contributed by atoms with Crippen LogP contribution in [0.5, 0.6) is 0 Å². The average molecular weight is 313 g/mol. The van der Waals surface area contributed by atoms with Crippen molar-refractivity contribution in [3.8, 4) is 11.1 Å². The highest BCUT2D eigenvalue weighted by molar-refractivity contribution is 5.72. The van der Waals surface area contributed by atoms with E-state index in [0.29, 0.717) is 17.6 Å². The molecule has 116 valence electrons. The van der Waals surface area contributed by atoms with Crippen molar-refractivity contribution in [2.45, 2.75) is 6.54 Å². The van der Waals surface area contributed by atoms with Gasteiger partial charge in [0.1, 0.15) is 6.33 Å². The molecule has 0 N–H and O–H groups in total. The fourth-order valence-electron chi connectivity index (χ4n) is 2.74. The second kappa shape index (κ2) is 6.08. The number of pyridine rings is 1. The zero-order chi connectivity index (χ0) is 16.4. The summed E-state index contributed by atoms with van der Waals surface area (Å²) in [4.78, 5) is 20.9. The van der Waals surface area contributed by atoms with Gasteiger partial charge in [-0.15, -0.1) is 0 Å². The summed E-state index contributed by atoms with van der Waals surface area (Å²) < 4.78 is 1.61. The second-order valence-electron chi connectivity index (χ2n) is 5.62. The van der Waals surface area contributed by atoms with Crippen molar-refractivity contribution in [1.82, 2.24) is 14.5 Å². The lowest BCUT2D eigenvalue weighted by molar-refractivity contribution is 0.747. The van der Waals surface area contributed by atoms with Crippen molar-refractivity contribution in [3.05, 3.63) is 95.2 Å². The van der Waals surface area contributed by atoms with Gasteiger partial charge in [-0.1, -0.05) is 54.6 Å². The molecular formula is C20H15N3O. The van der Waals surface area contributed by atoms with Gasteiger partial charge in [0, 0.05) is 6.20 Å². The fraction of sp³-hybridized carbons (Fsp3) is 0.0500. The largest absolute Gasteiger partial charge is 0.294 e. The summed E-state index contributed by atoms with van der Waals surface area (Å²) in [6, 6.07) is 22.0. The molecule has 0 amide bonds. The predicted octanol–water partition coefficient (Wildman–Crippen LogP) is 3.51. The fourth-order valence-corrected chi connectivity index (χ4v) is 2.74. The maximum atomic E-state index is 12.5. The van der Waals surface area contributed by atoms with E-state index in [1.165, 1.54) is 5.56 Å². The molecule has 0 unspecified atom stereocenters. The summed E-state index contributed by atoms with van der Waals surface area (Å²) in [5, 5.41) is 0.543. The molecule has 4 rings (SSSR count). The molecule has 0 aliphatic rings. The molecule has 2 heterocycles. The van der Waals surface area contributed by atoms with Crippen molar-refractivity contribution in [2.24, 2.45) is 0 Å². The maximum Gasteiger partial charge on any atom is 0.263 e. The molecule has 0 aliphatic carbocycles. The van der Waals surface area contributed by atoms with Gasteiger partial charge in [-0.3, -0.25) is 9.36 Å². The Morgan fingerprint density at radius 1 is 0.792 bits per heavy atom. The van der Waals surface area contributed by atoms with Crippen molar-refractivity contribution in [3.63, 3.8) is 0 Å². The number of nitrogens with zero attached hydrogens (tertiary/aromatic N) is 3. The zero-order valence-corrected chi connectivity index (χ0v) is 13.0. The molecule has 0 bridgehead atoms. The van der Waals surface area contributed by atoms with E-state index in [4.69, 9.17) is 0 Å². The van der Waals surface area contributed by atoms with E-state index in [0.717, 1.165) is 11.1 Å². The van der Waals surface area contributed by atoms with Crippen LogP contribution in [0.25, 0.3) is 22.2 Å². The normalized spacial score (nSPS) is 10.8. The summed E-state index contributed by atoms with van der Waals surface area (Å²) in [5.74, 6) is 0. The minimum Gasteiger partial charge on any atom is -0.294 e. The molecule has 2 aromatic carbocycles. The molecule has 0 fully saturated rings. The molecule has 0 atom stereocenters. The van der Waals surface area contributed by atoms with Crippen LogP contribution in [0.15, 0.2) is 84.0 Å². The van der Waals surface area contributed by atoms with Gasteiger partial charge < -0.3 is 0 Å². The Balaban J connectivity index is 1.64. The molecule has 2 aromatic heterocycles. The number of hydrogen-bond donors (Lipinski definition) is 0. The Hall–Kier alpha value is -3.27. The van der Waals surface area contributed by atoms with Gasteiger partial charge >= 0.3 is 0 Å². The van der Waals surface area contributed by atoms with Gasteiger partial charge in [0.2, 0.25) is 0 Å². The van der Waals surface area contributed by atoms with Crippen LogP contribution in [0.4, 0.5) is 0 Å². The second-order valence-corrected chi connectivity index (χ2v) is 5.62. The van der Waals surface area contributed by atoms with Crippen molar-refractivity contribution in [2.75, 3.05) is 0 Å². The van der Waals surface area contributed by atoms with E-state index >= 15 is 0 Å². The van der Waals surface area contributed by atoms with Crippen LogP contribution in [0, 0.1) is 0 Å². The monoisotopic (exact) mass is 313 g/mol. The van der Waals surface area contributed by atoms with E-state index in [-0.39, 0.29) is 5.56 Å². The SMILES string of the molecule is O=c1c2cccnc2ncn1Cc1ccc(-c2ccccc2)cc1. The number of benzene rings is 2. The van der Waals surface area contributed by atoms with Crippen LogP contribution in [0.3, 0.4) is 0 Å². The zero-order valence-electron chi connectivity index (χ0n) is 13.0. The third-order valence-corrected chi connectivity index (χ3v) is 4.01. The Bertz CT molecular complexity index is 1040. The smallest absolute Gasteiger partial charge is 0.263 e. The number of hydrogen-bond acceptors (Lipinski definition) is 3. The van der Waals surface area contributed by atoms with Gasteiger partial charge in [-0.2, -0.15) is 0 Å². The van der Waals surface area contributed by atoms with Gasteiger partial charge in [0.15, 0.2) is 5.65 Å². The van der Waals surface area contributed by atoms with Crippen LogP contribution in [-0.4, -0.2) is 14.5 Å². The van der Waals surface area contributed by atoms with Crippen LogP contribution >= 0.6 is 0 Å². The van der Waals surface area contributed by atoms with E-state index in [2.05, 4.69) is 34.2 Å². The molecule has 24 heavy (non-hydrogen) atoms. The minimum absolute atomic E-state index is 0.0692. The van der Waals surface area contributed by atoms with Crippen LogP contribution in [-0.2, 0) is 6.54 Å². The Morgan fingerprint density at radius 3 is 2.33 bits per heavy atom. The average Bonchev–Trinajstić information content (AvgIpc) is 2.66. The molecule has 0 aliphatic heterocycles. The summed E-state index contributed by atoms with van der Waals surface area (Å²) >= 11 is 0. The Labute approximate surface area is 139 Å². The first-order valence-corrected chi connectivity index (χ1v) is 7.76. The van der Waals surface area contributed by atoms with E-state index in [9.17, 15) is 4.79 Å². The molecular weight excluding hydrogens is 298 g/mol. The minimum atomic E-state index is -0.0692. The first-order chi connectivity index (χ1) is 11.8. The Morgan fingerprint density at radius 2 is 1.54 bits per heavy atom. The number of rotatable bonds is 3. The lowest BCUT2D eigenvalue weighted by Crippen LogP contribution is -2.21. The number of fused-ring (bicyclic) bond motifs is 1. The predicted molar refractivity (Wildman–Crippen MR) is 94.8 cm³/mol. The van der Waals surface area contributed by atoms with Crippen LogP contribution < -0.4 is 5.56 Å². The molecule has 0 spiro atoms. The van der Waals surface area contributed by atoms with E-state index in [1.54, 1.807) is 29.2 Å². The lowest BCUT2D eigenvalue weighted by Gasteiger charge is -2.08. The molecule has 4 nitrogen and oxygen atoms in total. The van der Waals surface area contributed by atoms with Crippen LogP contribution in [0.2, 0.25) is 0 Å². The summed E-state index contributed by atoms with van der Waals surface area (Å²) in [5.41, 5.74) is 3.81. The highest BCUT2D eigenvalue weighted by atomic mass is 16.1. The highest BCUT2D eigenvalue weighted by Gasteiger charge is 2.05. The Kier molecular flexibility index (Phi) is 3.63. The molecule has 4 heteroatoms. The summed E-state index contributed by atoms with van der Waals surface area (Å²) in [6.45, 7) is 0.492. The van der Waals surface area contributed by atoms with Gasteiger partial charge in [-0.05, 0) is 28.8 Å². The molecule has 0 radical (unpaired) electrons. The van der Waals surface area contributed by atoms with Gasteiger partial charge in [0.05, 0.1) is 11.9 Å².